The highest BCUT2D eigenvalue weighted by Crippen LogP contribution is 2.77. The van der Waals surface area contributed by atoms with E-state index in [-0.39, 0.29) is 34.0 Å². The Morgan fingerprint density at radius 1 is 1.17 bits per heavy atom. The van der Waals surface area contributed by atoms with Crippen LogP contribution in [0.25, 0.3) is 0 Å². The second-order valence-electron chi connectivity index (χ2n) is 11.8. The number of aromatic hydroxyl groups is 1. The van der Waals surface area contributed by atoms with Gasteiger partial charge in [-0.15, -0.1) is 0 Å². The molecule has 2 spiro atoms. The molecular formula is C25H35NO4. The Labute approximate surface area is 179 Å². The molecule has 7 atom stereocenters. The van der Waals surface area contributed by atoms with E-state index in [0.29, 0.717) is 11.8 Å². The highest BCUT2D eigenvalue weighted by Gasteiger charge is 2.81. The van der Waals surface area contributed by atoms with Crippen molar-refractivity contribution < 1.29 is 19.7 Å². The molecule has 5 nitrogen and oxygen atoms in total. The Bertz CT molecular complexity index is 936. The summed E-state index contributed by atoms with van der Waals surface area (Å²) < 4.78 is 13.2. The van der Waals surface area contributed by atoms with Crippen molar-refractivity contribution in [3.8, 4) is 11.5 Å². The quantitative estimate of drug-likeness (QED) is 0.694. The van der Waals surface area contributed by atoms with Crippen LogP contribution in [0, 0.1) is 16.7 Å². The molecule has 5 heteroatoms. The average molecular weight is 414 g/mol. The number of fused-ring (bicyclic) bond motifs is 2. The molecule has 4 bridgehead atoms. The topological polar surface area (TPSA) is 71.0 Å². The molecule has 1 saturated heterocycles. The van der Waals surface area contributed by atoms with Crippen LogP contribution in [-0.2, 0) is 16.6 Å². The van der Waals surface area contributed by atoms with Gasteiger partial charge >= 0.3 is 0 Å². The van der Waals surface area contributed by atoms with E-state index in [1.807, 2.05) is 6.92 Å². The molecule has 0 unspecified atom stereocenters. The molecule has 2 aliphatic heterocycles. The van der Waals surface area contributed by atoms with E-state index in [9.17, 15) is 10.2 Å². The van der Waals surface area contributed by atoms with Gasteiger partial charge in [0, 0.05) is 35.5 Å². The van der Waals surface area contributed by atoms with Gasteiger partial charge in [-0.05, 0) is 62.6 Å². The van der Waals surface area contributed by atoms with E-state index >= 15 is 0 Å². The number of piperidine rings is 1. The molecule has 3 saturated carbocycles. The van der Waals surface area contributed by atoms with Crippen LogP contribution in [-0.4, -0.2) is 47.2 Å². The SMILES string of the molecule is CO[C@@]12CC[C@]3(C[C@@H]1[C@@](C)(O)C(C)(C)C)[C@H]1Cc4ccc(O)c5c4[C@@]3(CCN1)[C@H]2O5. The minimum Gasteiger partial charge on any atom is -0.504 e. The molecular weight excluding hydrogens is 378 g/mol. The first-order valence-electron chi connectivity index (χ1n) is 11.6. The Kier molecular flexibility index (Phi) is 3.46. The summed E-state index contributed by atoms with van der Waals surface area (Å²) >= 11 is 0. The lowest BCUT2D eigenvalue weighted by Gasteiger charge is -2.74. The van der Waals surface area contributed by atoms with Crippen molar-refractivity contribution in [1.29, 1.82) is 0 Å². The van der Waals surface area contributed by atoms with Crippen LogP contribution in [0.15, 0.2) is 12.1 Å². The summed E-state index contributed by atoms with van der Waals surface area (Å²) in [6.07, 6.45) is 4.66. The molecule has 2 heterocycles. The number of methoxy groups -OCH3 is 1. The normalized spacial score (nSPS) is 44.9. The summed E-state index contributed by atoms with van der Waals surface area (Å²) in [7, 11) is 1.80. The van der Waals surface area contributed by atoms with Gasteiger partial charge in [-0.25, -0.2) is 0 Å². The molecule has 4 fully saturated rings. The molecule has 1 aromatic carbocycles. The largest absolute Gasteiger partial charge is 0.504 e. The minimum absolute atomic E-state index is 0.0160. The standard InChI is InChI=1S/C25H35NO4/c1-21(2,3)22(4,28)16-13-23-8-9-25(16,29-5)20-24(23)10-11-26-17(23)12-14-6-7-15(27)19(30-20)18(14)24/h6-7,16-17,20,26-28H,8-13H2,1-5H3/t16-,17-,20-,22-,23+,24+,25+/m1/s1. The summed E-state index contributed by atoms with van der Waals surface area (Å²) in [6, 6.07) is 4.26. The lowest BCUT2D eigenvalue weighted by atomic mass is 9.33. The van der Waals surface area contributed by atoms with Crippen LogP contribution >= 0.6 is 0 Å². The van der Waals surface area contributed by atoms with Gasteiger partial charge in [0.15, 0.2) is 11.5 Å². The van der Waals surface area contributed by atoms with Crippen molar-refractivity contribution in [3.05, 3.63) is 23.3 Å². The maximum Gasteiger partial charge on any atom is 0.165 e. The van der Waals surface area contributed by atoms with Crippen molar-refractivity contribution in [1.82, 2.24) is 5.32 Å². The van der Waals surface area contributed by atoms with Crippen LogP contribution in [0.4, 0.5) is 0 Å². The van der Waals surface area contributed by atoms with Crippen LogP contribution in [0.1, 0.15) is 64.5 Å². The smallest absolute Gasteiger partial charge is 0.165 e. The van der Waals surface area contributed by atoms with Gasteiger partial charge < -0.3 is 25.0 Å². The number of hydrogen-bond donors (Lipinski definition) is 3. The molecule has 0 amide bonds. The van der Waals surface area contributed by atoms with Crippen molar-refractivity contribution in [3.63, 3.8) is 0 Å². The van der Waals surface area contributed by atoms with Crippen LogP contribution in [0.5, 0.6) is 11.5 Å². The van der Waals surface area contributed by atoms with Crippen molar-refractivity contribution in [2.75, 3.05) is 13.7 Å². The fraction of sp³-hybridized carbons (Fsp3) is 0.760. The fourth-order valence-corrected chi connectivity index (χ4v) is 8.53. The molecule has 1 aromatic rings. The number of hydrogen-bond acceptors (Lipinski definition) is 5. The Morgan fingerprint density at radius 2 is 1.93 bits per heavy atom. The van der Waals surface area contributed by atoms with Gasteiger partial charge in [0.25, 0.3) is 0 Å². The Hall–Kier alpha value is -1.30. The highest BCUT2D eigenvalue weighted by molar-refractivity contribution is 5.63. The zero-order valence-electron chi connectivity index (χ0n) is 18.8. The maximum absolute atomic E-state index is 12.0. The van der Waals surface area contributed by atoms with Crippen molar-refractivity contribution in [2.45, 2.75) is 88.6 Å². The van der Waals surface area contributed by atoms with Crippen LogP contribution < -0.4 is 10.1 Å². The molecule has 0 radical (unpaired) electrons. The summed E-state index contributed by atoms with van der Waals surface area (Å²) in [4.78, 5) is 0. The number of benzene rings is 1. The van der Waals surface area contributed by atoms with Gasteiger partial charge in [-0.1, -0.05) is 26.8 Å². The first kappa shape index (κ1) is 19.4. The van der Waals surface area contributed by atoms with Crippen molar-refractivity contribution >= 4 is 0 Å². The second kappa shape index (κ2) is 5.36. The van der Waals surface area contributed by atoms with E-state index in [2.05, 4.69) is 32.2 Å². The molecule has 164 valence electrons. The third kappa shape index (κ3) is 1.77. The number of phenols is 1. The van der Waals surface area contributed by atoms with E-state index in [4.69, 9.17) is 9.47 Å². The second-order valence-corrected chi connectivity index (χ2v) is 11.8. The number of rotatable bonds is 2. The van der Waals surface area contributed by atoms with Gasteiger partial charge in [0.2, 0.25) is 0 Å². The lowest BCUT2D eigenvalue weighted by molar-refractivity contribution is -0.303. The zero-order valence-corrected chi connectivity index (χ0v) is 18.8. The predicted octanol–water partition coefficient (Wildman–Crippen LogP) is 3.29. The fourth-order valence-electron chi connectivity index (χ4n) is 8.53. The van der Waals surface area contributed by atoms with E-state index in [0.717, 1.165) is 38.6 Å². The highest BCUT2D eigenvalue weighted by atomic mass is 16.6. The molecule has 6 aliphatic rings. The van der Waals surface area contributed by atoms with E-state index in [1.165, 1.54) is 11.1 Å². The zero-order chi connectivity index (χ0) is 21.3. The Morgan fingerprint density at radius 3 is 2.63 bits per heavy atom. The predicted molar refractivity (Wildman–Crippen MR) is 114 cm³/mol. The number of ether oxygens (including phenoxy) is 2. The van der Waals surface area contributed by atoms with E-state index in [1.54, 1.807) is 13.2 Å². The summed E-state index contributed by atoms with van der Waals surface area (Å²) in [5, 5.41) is 26.6. The molecule has 4 aliphatic carbocycles. The summed E-state index contributed by atoms with van der Waals surface area (Å²) in [6.45, 7) is 9.33. The van der Waals surface area contributed by atoms with Gasteiger partial charge in [-0.2, -0.15) is 0 Å². The van der Waals surface area contributed by atoms with Gasteiger partial charge in [0.05, 0.1) is 5.60 Å². The van der Waals surface area contributed by atoms with Gasteiger partial charge in [0.1, 0.15) is 11.7 Å². The van der Waals surface area contributed by atoms with E-state index < -0.39 is 11.2 Å². The van der Waals surface area contributed by atoms with Crippen LogP contribution in [0.2, 0.25) is 0 Å². The first-order chi connectivity index (χ1) is 14.1. The number of phenolic OH excluding ortho intramolecular Hbond substituents is 1. The van der Waals surface area contributed by atoms with Crippen molar-refractivity contribution in [2.24, 2.45) is 16.7 Å². The lowest BCUT2D eigenvalue weighted by Crippen LogP contribution is -2.83. The summed E-state index contributed by atoms with van der Waals surface area (Å²) in [5.41, 5.74) is 0.658. The third-order valence-electron chi connectivity index (χ3n) is 10.4. The monoisotopic (exact) mass is 413 g/mol. The van der Waals surface area contributed by atoms with Crippen LogP contribution in [0.3, 0.4) is 0 Å². The first-order valence-corrected chi connectivity index (χ1v) is 11.6. The molecule has 30 heavy (non-hydrogen) atoms. The minimum atomic E-state index is -0.910. The maximum atomic E-state index is 12.0. The average Bonchev–Trinajstić information content (AvgIpc) is 3.05. The van der Waals surface area contributed by atoms with Gasteiger partial charge in [-0.3, -0.25) is 0 Å². The third-order valence-corrected chi connectivity index (χ3v) is 10.4. The number of nitrogens with one attached hydrogen (secondary N) is 1. The molecule has 0 aromatic heterocycles. The molecule has 3 N–H and O–H groups in total. The summed E-state index contributed by atoms with van der Waals surface area (Å²) in [5.74, 6) is 0.887. The molecule has 7 rings (SSSR count). The number of aliphatic hydroxyl groups is 1. The Balaban J connectivity index is 1.65.